The highest BCUT2D eigenvalue weighted by molar-refractivity contribution is 5.24. The Hall–Kier alpha value is -1.20. The van der Waals surface area contributed by atoms with Gasteiger partial charge in [-0.2, -0.15) is 0 Å². The normalized spacial score (nSPS) is 39.4. The lowest BCUT2D eigenvalue weighted by molar-refractivity contribution is 0.299. The maximum Gasteiger partial charge on any atom is 0.0206 e. The molecule has 1 heteroatoms. The third-order valence-electron chi connectivity index (χ3n) is 6.53. The van der Waals surface area contributed by atoms with E-state index in [2.05, 4.69) is 41.9 Å². The summed E-state index contributed by atoms with van der Waals surface area (Å²) in [4.78, 5) is 2.76. The van der Waals surface area contributed by atoms with Gasteiger partial charge in [0.2, 0.25) is 0 Å². The molecule has 3 aliphatic carbocycles. The van der Waals surface area contributed by atoms with Crippen LogP contribution in [-0.4, -0.2) is 18.0 Å². The van der Waals surface area contributed by atoms with Crippen LogP contribution in [0.15, 0.2) is 41.3 Å². The van der Waals surface area contributed by atoms with Gasteiger partial charge in [-0.15, -0.1) is 5.73 Å². The average molecular weight is 295 g/mol. The monoisotopic (exact) mass is 295 g/mol. The average Bonchev–Trinajstić information content (AvgIpc) is 2.87. The molecule has 0 aromatic heterocycles. The van der Waals surface area contributed by atoms with Crippen LogP contribution in [0.4, 0.5) is 0 Å². The Balaban J connectivity index is 1.47. The van der Waals surface area contributed by atoms with Gasteiger partial charge in [0.15, 0.2) is 0 Å². The second-order valence-electron chi connectivity index (χ2n) is 7.81. The number of allylic oxidation sites excluding steroid dienone is 5. The van der Waals surface area contributed by atoms with Crippen molar-refractivity contribution in [1.82, 2.24) is 4.90 Å². The molecule has 4 atom stereocenters. The fourth-order valence-corrected chi connectivity index (χ4v) is 5.14. The van der Waals surface area contributed by atoms with Gasteiger partial charge in [-0.25, -0.2) is 0 Å². The van der Waals surface area contributed by atoms with Crippen molar-refractivity contribution in [3.8, 4) is 0 Å². The van der Waals surface area contributed by atoms with Crippen LogP contribution in [-0.2, 0) is 0 Å². The first-order chi connectivity index (χ1) is 10.8. The predicted molar refractivity (Wildman–Crippen MR) is 92.3 cm³/mol. The topological polar surface area (TPSA) is 3.24 Å². The summed E-state index contributed by atoms with van der Waals surface area (Å²) in [6.07, 6.45) is 19.0. The lowest BCUT2D eigenvalue weighted by atomic mass is 9.78. The molecule has 0 spiro atoms. The molecule has 0 aromatic carbocycles. The van der Waals surface area contributed by atoms with Crippen LogP contribution in [0.3, 0.4) is 0 Å². The molecule has 0 radical (unpaired) electrons. The van der Waals surface area contributed by atoms with Gasteiger partial charge in [0.1, 0.15) is 0 Å². The largest absolute Gasteiger partial charge is 0.374 e. The highest BCUT2D eigenvalue weighted by atomic mass is 15.2. The van der Waals surface area contributed by atoms with Crippen molar-refractivity contribution in [2.24, 2.45) is 23.7 Å². The summed E-state index contributed by atoms with van der Waals surface area (Å²) in [6, 6.07) is 0. The molecule has 1 nitrogen and oxygen atoms in total. The van der Waals surface area contributed by atoms with Gasteiger partial charge in [0.25, 0.3) is 0 Å². The van der Waals surface area contributed by atoms with Gasteiger partial charge >= 0.3 is 0 Å². The summed E-state index contributed by atoms with van der Waals surface area (Å²) >= 11 is 0. The van der Waals surface area contributed by atoms with Crippen molar-refractivity contribution in [1.29, 1.82) is 0 Å². The van der Waals surface area contributed by atoms with E-state index in [0.29, 0.717) is 5.92 Å². The quantitative estimate of drug-likeness (QED) is 0.610. The fourth-order valence-electron chi connectivity index (χ4n) is 5.14. The van der Waals surface area contributed by atoms with Crippen molar-refractivity contribution in [2.45, 2.75) is 51.9 Å². The minimum absolute atomic E-state index is 0.710. The molecule has 1 saturated carbocycles. The van der Waals surface area contributed by atoms with E-state index in [4.69, 9.17) is 0 Å². The first-order valence-corrected chi connectivity index (χ1v) is 9.35. The lowest BCUT2D eigenvalue weighted by Crippen LogP contribution is -2.27. The molecule has 0 bridgehead atoms. The van der Waals surface area contributed by atoms with E-state index >= 15 is 0 Å². The summed E-state index contributed by atoms with van der Waals surface area (Å²) in [5.41, 5.74) is 6.55. The Morgan fingerprint density at radius 1 is 1.09 bits per heavy atom. The molecule has 0 N–H and O–H groups in total. The second-order valence-corrected chi connectivity index (χ2v) is 7.81. The van der Waals surface area contributed by atoms with E-state index in [9.17, 15) is 0 Å². The van der Waals surface area contributed by atoms with Crippen molar-refractivity contribution in [3.05, 3.63) is 41.3 Å². The molecule has 1 heterocycles. The fraction of sp³-hybridized carbons (Fsp3) is 0.667. The highest BCUT2D eigenvalue weighted by Crippen LogP contribution is 2.42. The van der Waals surface area contributed by atoms with Crippen LogP contribution in [0.1, 0.15) is 51.9 Å². The Labute approximate surface area is 135 Å². The lowest BCUT2D eigenvalue weighted by Gasteiger charge is -2.33. The van der Waals surface area contributed by atoms with Gasteiger partial charge in [0, 0.05) is 18.8 Å². The van der Waals surface area contributed by atoms with Gasteiger partial charge in [-0.1, -0.05) is 25.0 Å². The van der Waals surface area contributed by atoms with Crippen LogP contribution in [0.5, 0.6) is 0 Å². The SMILES string of the molecule is CC=C1C=C=CC2CC=C(N3CC4CCCCC4C3)CC2C1. The molecule has 1 saturated heterocycles. The molecular weight excluding hydrogens is 266 g/mol. The summed E-state index contributed by atoms with van der Waals surface area (Å²) in [5.74, 6) is 3.49. The summed E-state index contributed by atoms with van der Waals surface area (Å²) in [5, 5.41) is 0. The molecule has 1 aliphatic heterocycles. The molecule has 4 aliphatic rings. The molecule has 118 valence electrons. The van der Waals surface area contributed by atoms with E-state index in [0.717, 1.165) is 17.8 Å². The Morgan fingerprint density at radius 2 is 1.86 bits per heavy atom. The molecule has 22 heavy (non-hydrogen) atoms. The van der Waals surface area contributed by atoms with E-state index in [1.807, 2.05) is 0 Å². The van der Waals surface area contributed by atoms with Crippen LogP contribution in [0.25, 0.3) is 0 Å². The summed E-state index contributed by atoms with van der Waals surface area (Å²) in [7, 11) is 0. The maximum atomic E-state index is 3.41. The summed E-state index contributed by atoms with van der Waals surface area (Å²) in [6.45, 7) is 4.86. The van der Waals surface area contributed by atoms with Crippen LogP contribution in [0, 0.1) is 23.7 Å². The zero-order chi connectivity index (χ0) is 14.9. The van der Waals surface area contributed by atoms with Gasteiger partial charge < -0.3 is 4.90 Å². The van der Waals surface area contributed by atoms with Crippen molar-refractivity contribution >= 4 is 0 Å². The Morgan fingerprint density at radius 3 is 2.59 bits per heavy atom. The number of rotatable bonds is 1. The molecule has 4 unspecified atom stereocenters. The Kier molecular flexibility index (Phi) is 4.01. The zero-order valence-electron chi connectivity index (χ0n) is 13.9. The number of likely N-dealkylation sites (tertiary alicyclic amines) is 1. The van der Waals surface area contributed by atoms with Crippen LogP contribution < -0.4 is 0 Å². The first-order valence-electron chi connectivity index (χ1n) is 9.35. The third-order valence-corrected chi connectivity index (χ3v) is 6.53. The zero-order valence-corrected chi connectivity index (χ0v) is 13.9. The standard InChI is InChI=1S/C21H29N/c1-2-16-6-5-9-17-10-11-21(13-20(17)12-16)22-14-18-7-3-4-8-19(18)15-22/h2,6,9,11,17-20H,3-4,7-8,10,12-15H2,1H3. The van der Waals surface area contributed by atoms with Gasteiger partial charge in [-0.05, 0) is 80.4 Å². The highest BCUT2D eigenvalue weighted by Gasteiger charge is 2.37. The number of fused-ring (bicyclic) bond motifs is 2. The van der Waals surface area contributed by atoms with Gasteiger partial charge in [0.05, 0.1) is 0 Å². The minimum atomic E-state index is 0.710. The van der Waals surface area contributed by atoms with Crippen molar-refractivity contribution < 1.29 is 0 Å². The predicted octanol–water partition coefficient (Wildman–Crippen LogP) is 5.08. The number of hydrogen-bond acceptors (Lipinski definition) is 1. The molecule has 0 amide bonds. The van der Waals surface area contributed by atoms with Crippen molar-refractivity contribution in [3.63, 3.8) is 0 Å². The van der Waals surface area contributed by atoms with Crippen LogP contribution in [0.2, 0.25) is 0 Å². The van der Waals surface area contributed by atoms with E-state index < -0.39 is 0 Å². The molecule has 0 aromatic rings. The third kappa shape index (κ3) is 2.72. The van der Waals surface area contributed by atoms with E-state index in [1.54, 1.807) is 5.70 Å². The molecular formula is C21H29N. The van der Waals surface area contributed by atoms with Crippen LogP contribution >= 0.6 is 0 Å². The summed E-state index contributed by atoms with van der Waals surface area (Å²) < 4.78 is 0. The number of nitrogens with zero attached hydrogens (tertiary/aromatic N) is 1. The second kappa shape index (κ2) is 6.13. The first kappa shape index (κ1) is 14.4. The van der Waals surface area contributed by atoms with Gasteiger partial charge in [-0.3, -0.25) is 0 Å². The van der Waals surface area contributed by atoms with Crippen molar-refractivity contribution in [2.75, 3.05) is 13.1 Å². The minimum Gasteiger partial charge on any atom is -0.374 e. The Bertz CT molecular complexity index is 532. The van der Waals surface area contributed by atoms with E-state index in [-0.39, 0.29) is 0 Å². The molecule has 4 rings (SSSR count). The number of hydrogen-bond donors (Lipinski definition) is 0. The maximum absolute atomic E-state index is 3.41. The van der Waals surface area contributed by atoms with E-state index in [1.165, 1.54) is 63.6 Å². The molecule has 2 fully saturated rings. The smallest absolute Gasteiger partial charge is 0.0206 e.